The zero-order valence-electron chi connectivity index (χ0n) is 13.5. The Morgan fingerprint density at radius 3 is 2.67 bits per heavy atom. The van der Waals surface area contributed by atoms with Gasteiger partial charge in [0.25, 0.3) is 0 Å². The molecule has 1 aliphatic heterocycles. The standard InChI is InChI=1S/C16H29N3O2/c1-4-21-13-9-16(17,15(13,2)3)14(20)18-11-7-8-19(10-11)12-5-6-12/h11-13H,4-10,17H2,1-3H3,(H,18,20). The smallest absolute Gasteiger partial charge is 0.241 e. The largest absolute Gasteiger partial charge is 0.378 e. The zero-order valence-corrected chi connectivity index (χ0v) is 13.5. The summed E-state index contributed by atoms with van der Waals surface area (Å²) in [5.41, 5.74) is 5.33. The molecule has 0 radical (unpaired) electrons. The van der Waals surface area contributed by atoms with E-state index in [1.54, 1.807) is 0 Å². The average Bonchev–Trinajstić information content (AvgIpc) is 3.19. The van der Waals surface area contributed by atoms with Crippen LogP contribution in [0.15, 0.2) is 0 Å². The Kier molecular flexibility index (Phi) is 3.79. The van der Waals surface area contributed by atoms with Gasteiger partial charge in [-0.15, -0.1) is 0 Å². The molecule has 3 aliphatic rings. The number of amides is 1. The number of rotatable bonds is 5. The van der Waals surface area contributed by atoms with Crippen molar-refractivity contribution in [2.24, 2.45) is 11.1 Å². The van der Waals surface area contributed by atoms with Gasteiger partial charge in [-0.1, -0.05) is 13.8 Å². The first-order valence-corrected chi connectivity index (χ1v) is 8.34. The van der Waals surface area contributed by atoms with Crippen molar-refractivity contribution in [1.82, 2.24) is 10.2 Å². The number of carbonyl (C=O) groups is 1. The summed E-state index contributed by atoms with van der Waals surface area (Å²) in [5.74, 6) is 0.00565. The molecule has 0 spiro atoms. The Balaban J connectivity index is 1.55. The van der Waals surface area contributed by atoms with E-state index in [2.05, 4.69) is 10.2 Å². The first-order valence-electron chi connectivity index (χ1n) is 8.34. The second kappa shape index (κ2) is 5.21. The third kappa shape index (κ3) is 2.49. The van der Waals surface area contributed by atoms with Gasteiger partial charge in [-0.2, -0.15) is 0 Å². The normalized spacial score (nSPS) is 39.0. The molecular formula is C16H29N3O2. The van der Waals surface area contributed by atoms with E-state index >= 15 is 0 Å². The predicted octanol–water partition coefficient (Wildman–Crippen LogP) is 0.872. The van der Waals surface area contributed by atoms with Crippen LogP contribution in [0.3, 0.4) is 0 Å². The monoisotopic (exact) mass is 295 g/mol. The van der Waals surface area contributed by atoms with Crippen molar-refractivity contribution in [1.29, 1.82) is 0 Å². The molecule has 3 fully saturated rings. The minimum Gasteiger partial charge on any atom is -0.378 e. The summed E-state index contributed by atoms with van der Waals surface area (Å²) in [6, 6.07) is 1.04. The number of hydrogen-bond donors (Lipinski definition) is 2. The molecule has 1 amide bonds. The molecule has 1 saturated heterocycles. The van der Waals surface area contributed by atoms with Crippen LogP contribution >= 0.6 is 0 Å². The van der Waals surface area contributed by atoms with Crippen molar-refractivity contribution in [2.75, 3.05) is 19.7 Å². The molecule has 0 aromatic heterocycles. The number of nitrogens with one attached hydrogen (secondary N) is 1. The Hall–Kier alpha value is -0.650. The molecule has 3 atom stereocenters. The SMILES string of the molecule is CCOC1CC(N)(C(=O)NC2CCN(C3CC3)C2)C1(C)C. The van der Waals surface area contributed by atoms with Crippen molar-refractivity contribution < 1.29 is 9.53 Å². The van der Waals surface area contributed by atoms with Gasteiger partial charge >= 0.3 is 0 Å². The summed E-state index contributed by atoms with van der Waals surface area (Å²) >= 11 is 0. The van der Waals surface area contributed by atoms with Crippen molar-refractivity contribution in [2.45, 2.75) is 70.2 Å². The van der Waals surface area contributed by atoms with Crippen LogP contribution < -0.4 is 11.1 Å². The van der Waals surface area contributed by atoms with Crippen LogP contribution in [0.2, 0.25) is 0 Å². The highest BCUT2D eigenvalue weighted by atomic mass is 16.5. The van der Waals surface area contributed by atoms with E-state index in [-0.39, 0.29) is 23.5 Å². The van der Waals surface area contributed by atoms with Crippen molar-refractivity contribution in [3.05, 3.63) is 0 Å². The number of likely N-dealkylation sites (tertiary alicyclic amines) is 1. The van der Waals surface area contributed by atoms with Gasteiger partial charge in [-0.05, 0) is 26.2 Å². The summed E-state index contributed by atoms with van der Waals surface area (Å²) < 4.78 is 5.70. The van der Waals surface area contributed by atoms with Crippen LogP contribution in [0.5, 0.6) is 0 Å². The van der Waals surface area contributed by atoms with Crippen LogP contribution in [-0.2, 0) is 9.53 Å². The lowest BCUT2D eigenvalue weighted by atomic mass is 9.54. The van der Waals surface area contributed by atoms with E-state index in [4.69, 9.17) is 10.5 Å². The minimum absolute atomic E-state index is 0.00565. The number of carbonyl (C=O) groups excluding carboxylic acids is 1. The Morgan fingerprint density at radius 2 is 2.10 bits per heavy atom. The van der Waals surface area contributed by atoms with Gasteiger partial charge in [-0.25, -0.2) is 0 Å². The molecule has 3 N–H and O–H groups in total. The van der Waals surface area contributed by atoms with E-state index in [9.17, 15) is 4.79 Å². The van der Waals surface area contributed by atoms with Gasteiger partial charge in [0, 0.05) is 43.6 Å². The third-order valence-electron chi connectivity index (χ3n) is 5.85. The van der Waals surface area contributed by atoms with Gasteiger partial charge in [0.1, 0.15) is 5.54 Å². The van der Waals surface area contributed by atoms with Crippen molar-refractivity contribution in [3.63, 3.8) is 0 Å². The maximum atomic E-state index is 12.7. The van der Waals surface area contributed by atoms with Crippen LogP contribution in [-0.4, -0.2) is 54.2 Å². The summed E-state index contributed by atoms with van der Waals surface area (Å²) in [6.45, 7) is 8.84. The highest BCUT2D eigenvalue weighted by Crippen LogP contribution is 2.50. The first kappa shape index (κ1) is 15.3. The topological polar surface area (TPSA) is 67.6 Å². The molecular weight excluding hydrogens is 266 g/mol. The maximum Gasteiger partial charge on any atom is 0.241 e. The number of ether oxygens (including phenoxy) is 1. The van der Waals surface area contributed by atoms with Gasteiger partial charge in [-0.3, -0.25) is 9.69 Å². The van der Waals surface area contributed by atoms with Gasteiger partial charge in [0.05, 0.1) is 6.10 Å². The lowest BCUT2D eigenvalue weighted by Gasteiger charge is -2.57. The molecule has 5 nitrogen and oxygen atoms in total. The lowest BCUT2D eigenvalue weighted by Crippen LogP contribution is -2.76. The molecule has 2 aliphatic carbocycles. The Bertz CT molecular complexity index is 422. The van der Waals surface area contributed by atoms with Gasteiger partial charge in [0.2, 0.25) is 5.91 Å². The third-order valence-corrected chi connectivity index (χ3v) is 5.85. The number of hydrogen-bond acceptors (Lipinski definition) is 4. The first-order chi connectivity index (χ1) is 9.88. The number of nitrogens with two attached hydrogens (primary N) is 1. The van der Waals surface area contributed by atoms with Crippen LogP contribution in [0.4, 0.5) is 0 Å². The van der Waals surface area contributed by atoms with Crippen molar-refractivity contribution >= 4 is 5.91 Å². The minimum atomic E-state index is -0.792. The predicted molar refractivity (Wildman–Crippen MR) is 81.9 cm³/mol. The Labute approximate surface area is 127 Å². The Morgan fingerprint density at radius 1 is 1.38 bits per heavy atom. The molecule has 1 heterocycles. The second-order valence-corrected chi connectivity index (χ2v) is 7.53. The molecule has 0 bridgehead atoms. The maximum absolute atomic E-state index is 12.7. The molecule has 3 unspecified atom stereocenters. The summed E-state index contributed by atoms with van der Waals surface area (Å²) in [6.07, 6.45) is 4.41. The average molecular weight is 295 g/mol. The molecule has 0 aromatic rings. The van der Waals surface area contributed by atoms with Crippen LogP contribution in [0, 0.1) is 5.41 Å². The fraction of sp³-hybridized carbons (Fsp3) is 0.938. The van der Waals surface area contributed by atoms with E-state index < -0.39 is 5.54 Å². The summed E-state index contributed by atoms with van der Waals surface area (Å²) in [5, 5.41) is 3.19. The van der Waals surface area contributed by atoms with E-state index in [1.165, 1.54) is 12.8 Å². The van der Waals surface area contributed by atoms with Crippen molar-refractivity contribution in [3.8, 4) is 0 Å². The quantitative estimate of drug-likeness (QED) is 0.790. The van der Waals surface area contributed by atoms with E-state index in [0.29, 0.717) is 13.0 Å². The summed E-state index contributed by atoms with van der Waals surface area (Å²) in [4.78, 5) is 15.2. The fourth-order valence-electron chi connectivity index (χ4n) is 3.81. The highest BCUT2D eigenvalue weighted by Gasteiger charge is 2.63. The zero-order chi connectivity index (χ0) is 15.3. The molecule has 3 rings (SSSR count). The molecule has 2 saturated carbocycles. The van der Waals surface area contributed by atoms with E-state index in [1.807, 2.05) is 20.8 Å². The van der Waals surface area contributed by atoms with Gasteiger partial charge in [0.15, 0.2) is 0 Å². The fourth-order valence-corrected chi connectivity index (χ4v) is 3.81. The number of nitrogens with zero attached hydrogens (tertiary/aromatic N) is 1. The molecule has 120 valence electrons. The van der Waals surface area contributed by atoms with E-state index in [0.717, 1.165) is 25.6 Å². The van der Waals surface area contributed by atoms with Gasteiger partial charge < -0.3 is 15.8 Å². The lowest BCUT2D eigenvalue weighted by molar-refractivity contribution is -0.171. The molecule has 0 aromatic carbocycles. The molecule has 21 heavy (non-hydrogen) atoms. The second-order valence-electron chi connectivity index (χ2n) is 7.53. The molecule has 5 heteroatoms. The van der Waals surface area contributed by atoms with Crippen LogP contribution in [0.1, 0.15) is 46.5 Å². The summed E-state index contributed by atoms with van der Waals surface area (Å²) in [7, 11) is 0. The highest BCUT2D eigenvalue weighted by molar-refractivity contribution is 5.89. The van der Waals surface area contributed by atoms with Crippen LogP contribution in [0.25, 0.3) is 0 Å².